The number of hydrogen-bond acceptors (Lipinski definition) is 3. The summed E-state index contributed by atoms with van der Waals surface area (Å²) in [6.45, 7) is 0. The van der Waals surface area contributed by atoms with Gasteiger partial charge in [-0.25, -0.2) is 0 Å². The van der Waals surface area contributed by atoms with Gasteiger partial charge in [-0.05, 0) is 17.7 Å². The Hall–Kier alpha value is -3.20. The molecule has 1 aromatic heterocycles. The Morgan fingerprint density at radius 2 is 1.35 bits per heavy atom. The van der Waals surface area contributed by atoms with Crippen molar-refractivity contribution in [3.63, 3.8) is 0 Å². The van der Waals surface area contributed by atoms with Crippen LogP contribution in [0, 0.1) is 0 Å². The first-order valence-corrected chi connectivity index (χ1v) is 7.20. The zero-order valence-corrected chi connectivity index (χ0v) is 12.3. The van der Waals surface area contributed by atoms with Crippen molar-refractivity contribution in [1.82, 2.24) is 0 Å². The molecule has 112 valence electrons. The summed E-state index contributed by atoms with van der Waals surface area (Å²) in [5.74, 6) is -0.325. The molecule has 0 radical (unpaired) electrons. The number of carbonyl (C=O) groups excluding carboxylic acids is 2. The topological polar surface area (TPSA) is 47.3 Å². The number of ketones is 2. The molecule has 0 amide bonds. The largest absolute Gasteiger partial charge is 0.461 e. The number of rotatable bonds is 5. The average Bonchev–Trinajstić information content (AvgIpc) is 3.15. The summed E-state index contributed by atoms with van der Waals surface area (Å²) in [6, 6.07) is 21.3. The Morgan fingerprint density at radius 1 is 0.739 bits per heavy atom. The lowest BCUT2D eigenvalue weighted by atomic mass is 9.95. The highest BCUT2D eigenvalue weighted by Crippen LogP contribution is 2.21. The predicted molar refractivity (Wildman–Crippen MR) is 88.2 cm³/mol. The van der Waals surface area contributed by atoms with Crippen LogP contribution < -0.4 is 0 Å². The van der Waals surface area contributed by atoms with Crippen LogP contribution >= 0.6 is 0 Å². The fraction of sp³-hybridized carbons (Fsp3) is 0. The van der Waals surface area contributed by atoms with E-state index >= 15 is 0 Å². The van der Waals surface area contributed by atoms with Crippen molar-refractivity contribution in [3.05, 3.63) is 102 Å². The van der Waals surface area contributed by atoms with E-state index in [9.17, 15) is 9.59 Å². The minimum Gasteiger partial charge on any atom is -0.461 e. The molecule has 0 fully saturated rings. The van der Waals surface area contributed by atoms with E-state index < -0.39 is 0 Å². The monoisotopic (exact) mass is 302 g/mol. The number of benzene rings is 2. The molecule has 0 aliphatic heterocycles. The second-order valence-electron chi connectivity index (χ2n) is 4.96. The molecule has 3 aromatic rings. The lowest BCUT2D eigenvalue weighted by Crippen LogP contribution is -2.05. The molecular weight excluding hydrogens is 288 g/mol. The molecule has 0 aliphatic rings. The number of Topliss-reactive ketones (excluding diaryl/α,β-unsaturated/α-hetero) is 1. The lowest BCUT2D eigenvalue weighted by Gasteiger charge is -2.07. The van der Waals surface area contributed by atoms with Crippen molar-refractivity contribution >= 4 is 17.1 Å². The maximum absolute atomic E-state index is 12.8. The fourth-order valence-electron chi connectivity index (χ4n) is 2.26. The molecule has 0 N–H and O–H groups in total. The number of allylic oxidation sites excluding steroid dienone is 2. The average molecular weight is 302 g/mol. The molecule has 1 heterocycles. The van der Waals surface area contributed by atoms with E-state index in [1.54, 1.807) is 36.4 Å². The van der Waals surface area contributed by atoms with Crippen LogP contribution in [0.5, 0.6) is 0 Å². The first-order chi connectivity index (χ1) is 11.3. The summed E-state index contributed by atoms with van der Waals surface area (Å²) in [6.07, 6.45) is 2.77. The predicted octanol–water partition coefficient (Wildman–Crippen LogP) is 4.43. The maximum atomic E-state index is 12.8. The summed E-state index contributed by atoms with van der Waals surface area (Å²) in [4.78, 5) is 25.1. The van der Waals surface area contributed by atoms with Crippen LogP contribution in [0.25, 0.3) is 5.57 Å². The van der Waals surface area contributed by atoms with Gasteiger partial charge in [0.1, 0.15) is 0 Å². The van der Waals surface area contributed by atoms with E-state index in [1.165, 1.54) is 12.3 Å². The third-order valence-electron chi connectivity index (χ3n) is 3.40. The molecule has 3 heteroatoms. The molecule has 0 bridgehead atoms. The van der Waals surface area contributed by atoms with Crippen molar-refractivity contribution < 1.29 is 14.0 Å². The molecular formula is C20H14O3. The van der Waals surface area contributed by atoms with E-state index in [-0.39, 0.29) is 17.3 Å². The maximum Gasteiger partial charge on any atom is 0.221 e. The van der Waals surface area contributed by atoms with Gasteiger partial charge < -0.3 is 4.42 Å². The second-order valence-corrected chi connectivity index (χ2v) is 4.96. The van der Waals surface area contributed by atoms with Gasteiger partial charge in [-0.2, -0.15) is 0 Å². The molecule has 0 saturated heterocycles. The summed E-state index contributed by atoms with van der Waals surface area (Å²) in [7, 11) is 0. The van der Waals surface area contributed by atoms with Gasteiger partial charge in [0, 0.05) is 17.2 Å². The quantitative estimate of drug-likeness (QED) is 0.517. The molecule has 0 aliphatic carbocycles. The summed E-state index contributed by atoms with van der Waals surface area (Å²) in [5.41, 5.74) is 1.58. The minimum absolute atomic E-state index is 0.197. The Morgan fingerprint density at radius 3 is 1.91 bits per heavy atom. The lowest BCUT2D eigenvalue weighted by molar-refractivity contribution is 0.101. The Kier molecular flexibility index (Phi) is 4.29. The molecule has 0 spiro atoms. The van der Waals surface area contributed by atoms with E-state index in [4.69, 9.17) is 4.42 Å². The minimum atomic E-state index is -0.335. The van der Waals surface area contributed by atoms with E-state index in [1.807, 2.05) is 36.4 Å². The van der Waals surface area contributed by atoms with Crippen LogP contribution in [0.15, 0.2) is 89.6 Å². The van der Waals surface area contributed by atoms with Crippen molar-refractivity contribution in [2.24, 2.45) is 0 Å². The summed E-state index contributed by atoms with van der Waals surface area (Å²) >= 11 is 0. The van der Waals surface area contributed by atoms with E-state index in [2.05, 4.69) is 0 Å². The van der Waals surface area contributed by atoms with Gasteiger partial charge in [-0.1, -0.05) is 60.7 Å². The fourth-order valence-corrected chi connectivity index (χ4v) is 2.26. The number of furan rings is 1. The normalized spacial score (nSPS) is 11.2. The van der Waals surface area contributed by atoms with Crippen LogP contribution in [-0.2, 0) is 0 Å². The van der Waals surface area contributed by atoms with E-state index in [0.717, 1.165) is 0 Å². The van der Waals surface area contributed by atoms with Crippen molar-refractivity contribution in [1.29, 1.82) is 0 Å². The molecule has 0 atom stereocenters. The molecule has 0 saturated carbocycles. The van der Waals surface area contributed by atoms with Crippen LogP contribution in [0.3, 0.4) is 0 Å². The number of carbonyl (C=O) groups is 2. The standard InChI is InChI=1S/C20H14O3/c21-18(19-12-7-13-23-19)14-17(15-8-3-1-4-9-15)20(22)16-10-5-2-6-11-16/h1-14H/b17-14+. The van der Waals surface area contributed by atoms with Gasteiger partial charge in [-0.15, -0.1) is 0 Å². The van der Waals surface area contributed by atoms with Crippen molar-refractivity contribution in [2.75, 3.05) is 0 Å². The zero-order valence-electron chi connectivity index (χ0n) is 12.3. The SMILES string of the molecule is O=C(/C(=C/C(=O)c1ccco1)c1ccccc1)c1ccccc1. The van der Waals surface area contributed by atoms with Gasteiger partial charge >= 0.3 is 0 Å². The molecule has 23 heavy (non-hydrogen) atoms. The summed E-state index contributed by atoms with van der Waals surface area (Å²) < 4.78 is 5.11. The van der Waals surface area contributed by atoms with Gasteiger partial charge in [0.25, 0.3) is 0 Å². The second kappa shape index (κ2) is 6.71. The van der Waals surface area contributed by atoms with Gasteiger partial charge in [0.2, 0.25) is 5.78 Å². The third-order valence-corrected chi connectivity index (χ3v) is 3.40. The molecule has 3 nitrogen and oxygen atoms in total. The molecule has 2 aromatic carbocycles. The number of hydrogen-bond donors (Lipinski definition) is 0. The van der Waals surface area contributed by atoms with Crippen molar-refractivity contribution in [2.45, 2.75) is 0 Å². The highest BCUT2D eigenvalue weighted by Gasteiger charge is 2.17. The van der Waals surface area contributed by atoms with Gasteiger partial charge in [0.15, 0.2) is 11.5 Å². The van der Waals surface area contributed by atoms with Gasteiger partial charge in [-0.3, -0.25) is 9.59 Å². The zero-order chi connectivity index (χ0) is 16.1. The highest BCUT2D eigenvalue weighted by atomic mass is 16.3. The van der Waals surface area contributed by atoms with Crippen LogP contribution in [-0.4, -0.2) is 11.6 Å². The van der Waals surface area contributed by atoms with Crippen LogP contribution in [0.1, 0.15) is 26.5 Å². The Balaban J connectivity index is 2.04. The van der Waals surface area contributed by atoms with E-state index in [0.29, 0.717) is 16.7 Å². The Labute approximate surface area is 133 Å². The smallest absolute Gasteiger partial charge is 0.221 e. The Bertz CT molecular complexity index is 829. The molecule has 0 unspecified atom stereocenters. The van der Waals surface area contributed by atoms with Gasteiger partial charge in [0.05, 0.1) is 6.26 Å². The summed E-state index contributed by atoms with van der Waals surface area (Å²) in [5, 5.41) is 0. The third kappa shape index (κ3) is 3.35. The van der Waals surface area contributed by atoms with Crippen LogP contribution in [0.4, 0.5) is 0 Å². The molecule has 3 rings (SSSR count). The van der Waals surface area contributed by atoms with Crippen molar-refractivity contribution in [3.8, 4) is 0 Å². The first kappa shape index (κ1) is 14.7. The first-order valence-electron chi connectivity index (χ1n) is 7.20. The highest BCUT2D eigenvalue weighted by molar-refractivity contribution is 6.32. The van der Waals surface area contributed by atoms with Crippen LogP contribution in [0.2, 0.25) is 0 Å².